The molecule has 19 heavy (non-hydrogen) atoms. The van der Waals surface area contributed by atoms with Crippen molar-refractivity contribution in [2.75, 3.05) is 7.11 Å². The van der Waals surface area contributed by atoms with E-state index < -0.39 is 6.04 Å². The molecule has 2 nitrogen and oxygen atoms in total. The Balaban J connectivity index is 2.46. The number of aryl methyl sites for hydroxylation is 1. The van der Waals surface area contributed by atoms with Gasteiger partial charge in [0.2, 0.25) is 0 Å². The third-order valence-corrected chi connectivity index (χ3v) is 3.26. The van der Waals surface area contributed by atoms with Crippen molar-refractivity contribution in [3.05, 3.63) is 65.0 Å². The predicted molar refractivity (Wildman–Crippen MR) is 74.8 cm³/mol. The average molecular weight is 259 g/mol. The standard InChI is InChI=1S/C16H18FNO/c1-3-11-6-4-7-12(10-11)16(18)15-13(17)8-5-9-14(15)19-2/h4-10,16H,3,18H2,1-2H3. The van der Waals surface area contributed by atoms with E-state index >= 15 is 0 Å². The number of rotatable bonds is 4. The fraction of sp³-hybridized carbons (Fsp3) is 0.250. The van der Waals surface area contributed by atoms with Crippen LogP contribution in [0.4, 0.5) is 4.39 Å². The number of hydrogen-bond donors (Lipinski definition) is 1. The molecule has 2 rings (SSSR count). The Labute approximate surface area is 113 Å². The summed E-state index contributed by atoms with van der Waals surface area (Å²) in [6, 6.07) is 12.1. The summed E-state index contributed by atoms with van der Waals surface area (Å²) in [5, 5.41) is 0. The fourth-order valence-corrected chi connectivity index (χ4v) is 2.17. The number of ether oxygens (including phenoxy) is 1. The molecular formula is C16H18FNO. The summed E-state index contributed by atoms with van der Waals surface area (Å²) >= 11 is 0. The Morgan fingerprint density at radius 3 is 2.63 bits per heavy atom. The summed E-state index contributed by atoms with van der Waals surface area (Å²) in [5.74, 6) is 0.142. The van der Waals surface area contributed by atoms with Gasteiger partial charge in [-0.05, 0) is 29.7 Å². The zero-order chi connectivity index (χ0) is 13.8. The lowest BCUT2D eigenvalue weighted by atomic mass is 9.96. The first-order valence-electron chi connectivity index (χ1n) is 6.34. The Morgan fingerprint density at radius 2 is 1.95 bits per heavy atom. The van der Waals surface area contributed by atoms with Gasteiger partial charge in [-0.3, -0.25) is 0 Å². The molecule has 0 saturated carbocycles. The smallest absolute Gasteiger partial charge is 0.132 e. The van der Waals surface area contributed by atoms with Crippen molar-refractivity contribution in [2.24, 2.45) is 5.73 Å². The molecule has 0 amide bonds. The molecule has 2 N–H and O–H groups in total. The number of benzene rings is 2. The van der Waals surface area contributed by atoms with Gasteiger partial charge in [-0.25, -0.2) is 4.39 Å². The Morgan fingerprint density at radius 1 is 1.21 bits per heavy atom. The summed E-state index contributed by atoms with van der Waals surface area (Å²) < 4.78 is 19.2. The normalized spacial score (nSPS) is 12.2. The Bertz CT molecular complexity index is 568. The quantitative estimate of drug-likeness (QED) is 0.912. The van der Waals surface area contributed by atoms with Crippen molar-refractivity contribution in [3.8, 4) is 5.75 Å². The first kappa shape index (κ1) is 13.6. The van der Waals surface area contributed by atoms with Crippen LogP contribution in [0.5, 0.6) is 5.75 Å². The van der Waals surface area contributed by atoms with E-state index in [2.05, 4.69) is 6.92 Å². The van der Waals surface area contributed by atoms with Crippen LogP contribution in [0.1, 0.15) is 29.7 Å². The van der Waals surface area contributed by atoms with Gasteiger partial charge < -0.3 is 10.5 Å². The fourth-order valence-electron chi connectivity index (χ4n) is 2.17. The van der Waals surface area contributed by atoms with Crippen LogP contribution in [0.3, 0.4) is 0 Å². The van der Waals surface area contributed by atoms with E-state index in [0.717, 1.165) is 12.0 Å². The van der Waals surface area contributed by atoms with Gasteiger partial charge in [0.1, 0.15) is 11.6 Å². The molecule has 0 saturated heterocycles. The number of hydrogen-bond acceptors (Lipinski definition) is 2. The maximum Gasteiger partial charge on any atom is 0.132 e. The van der Waals surface area contributed by atoms with Crippen molar-refractivity contribution < 1.29 is 9.13 Å². The zero-order valence-electron chi connectivity index (χ0n) is 11.2. The summed E-state index contributed by atoms with van der Waals surface area (Å²) in [6.45, 7) is 2.08. The minimum absolute atomic E-state index is 0.339. The maximum absolute atomic E-state index is 14.0. The zero-order valence-corrected chi connectivity index (χ0v) is 11.2. The molecule has 2 aromatic carbocycles. The van der Waals surface area contributed by atoms with E-state index in [1.165, 1.54) is 18.7 Å². The van der Waals surface area contributed by atoms with E-state index in [0.29, 0.717) is 11.3 Å². The molecule has 1 atom stereocenters. The number of methoxy groups -OCH3 is 1. The topological polar surface area (TPSA) is 35.2 Å². The Hall–Kier alpha value is -1.87. The van der Waals surface area contributed by atoms with Crippen LogP contribution in [0, 0.1) is 5.82 Å². The second-order valence-electron chi connectivity index (χ2n) is 4.43. The van der Waals surface area contributed by atoms with E-state index in [9.17, 15) is 4.39 Å². The third kappa shape index (κ3) is 2.76. The van der Waals surface area contributed by atoms with Crippen LogP contribution in [-0.2, 0) is 6.42 Å². The molecule has 0 aromatic heterocycles. The van der Waals surface area contributed by atoms with Crippen LogP contribution in [0.15, 0.2) is 42.5 Å². The highest BCUT2D eigenvalue weighted by atomic mass is 19.1. The number of halogens is 1. The molecule has 3 heteroatoms. The van der Waals surface area contributed by atoms with Gasteiger partial charge >= 0.3 is 0 Å². The van der Waals surface area contributed by atoms with Gasteiger partial charge in [0.05, 0.1) is 18.7 Å². The van der Waals surface area contributed by atoms with Crippen molar-refractivity contribution in [1.82, 2.24) is 0 Å². The minimum Gasteiger partial charge on any atom is -0.496 e. The van der Waals surface area contributed by atoms with Gasteiger partial charge in [-0.1, -0.05) is 37.3 Å². The van der Waals surface area contributed by atoms with E-state index in [1.54, 1.807) is 12.1 Å². The molecule has 0 aliphatic rings. The molecule has 0 heterocycles. The van der Waals surface area contributed by atoms with Gasteiger partial charge in [-0.2, -0.15) is 0 Å². The second kappa shape index (κ2) is 5.85. The van der Waals surface area contributed by atoms with Crippen LogP contribution in [0.2, 0.25) is 0 Å². The van der Waals surface area contributed by atoms with Crippen molar-refractivity contribution in [2.45, 2.75) is 19.4 Å². The molecule has 0 bridgehead atoms. The maximum atomic E-state index is 14.0. The largest absolute Gasteiger partial charge is 0.496 e. The second-order valence-corrected chi connectivity index (χ2v) is 4.43. The third-order valence-electron chi connectivity index (χ3n) is 3.26. The molecule has 0 aliphatic carbocycles. The van der Waals surface area contributed by atoms with Gasteiger partial charge in [-0.15, -0.1) is 0 Å². The summed E-state index contributed by atoms with van der Waals surface area (Å²) in [7, 11) is 1.52. The monoisotopic (exact) mass is 259 g/mol. The SMILES string of the molecule is CCc1cccc(C(N)c2c(F)cccc2OC)c1. The highest BCUT2D eigenvalue weighted by Crippen LogP contribution is 2.30. The molecule has 0 radical (unpaired) electrons. The first-order valence-corrected chi connectivity index (χ1v) is 6.34. The van der Waals surface area contributed by atoms with Gasteiger partial charge in [0, 0.05) is 0 Å². The lowest BCUT2D eigenvalue weighted by molar-refractivity contribution is 0.402. The van der Waals surface area contributed by atoms with Crippen molar-refractivity contribution in [1.29, 1.82) is 0 Å². The highest BCUT2D eigenvalue weighted by Gasteiger charge is 2.18. The number of nitrogens with two attached hydrogens (primary N) is 1. The summed E-state index contributed by atoms with van der Waals surface area (Å²) in [5.41, 5.74) is 8.67. The van der Waals surface area contributed by atoms with Gasteiger partial charge in [0.25, 0.3) is 0 Å². The summed E-state index contributed by atoms with van der Waals surface area (Å²) in [6.07, 6.45) is 0.926. The van der Waals surface area contributed by atoms with E-state index in [4.69, 9.17) is 10.5 Å². The molecule has 1 unspecified atom stereocenters. The predicted octanol–water partition coefficient (Wildman–Crippen LogP) is 3.44. The first-order chi connectivity index (χ1) is 9.17. The lowest BCUT2D eigenvalue weighted by Gasteiger charge is -2.17. The van der Waals surface area contributed by atoms with Crippen LogP contribution in [-0.4, -0.2) is 7.11 Å². The van der Waals surface area contributed by atoms with Crippen LogP contribution < -0.4 is 10.5 Å². The minimum atomic E-state index is -0.525. The summed E-state index contributed by atoms with van der Waals surface area (Å²) in [4.78, 5) is 0. The van der Waals surface area contributed by atoms with E-state index in [1.807, 2.05) is 24.3 Å². The average Bonchev–Trinajstić information content (AvgIpc) is 2.46. The van der Waals surface area contributed by atoms with Crippen molar-refractivity contribution >= 4 is 0 Å². The van der Waals surface area contributed by atoms with Crippen LogP contribution >= 0.6 is 0 Å². The Kier molecular flexibility index (Phi) is 4.17. The van der Waals surface area contributed by atoms with Crippen molar-refractivity contribution in [3.63, 3.8) is 0 Å². The molecule has 0 aliphatic heterocycles. The van der Waals surface area contributed by atoms with E-state index in [-0.39, 0.29) is 5.82 Å². The molecular weight excluding hydrogens is 241 g/mol. The molecule has 100 valence electrons. The molecule has 2 aromatic rings. The lowest BCUT2D eigenvalue weighted by Crippen LogP contribution is -2.15. The highest BCUT2D eigenvalue weighted by molar-refractivity contribution is 5.43. The van der Waals surface area contributed by atoms with Gasteiger partial charge in [0.15, 0.2) is 0 Å². The molecule has 0 fully saturated rings. The molecule has 0 spiro atoms. The van der Waals surface area contributed by atoms with Crippen LogP contribution in [0.25, 0.3) is 0 Å².